The Morgan fingerprint density at radius 2 is 1.36 bits per heavy atom. The highest BCUT2D eigenvalue weighted by atomic mass is 19.4. The lowest BCUT2D eigenvalue weighted by Crippen LogP contribution is -2.37. The second-order valence-corrected chi connectivity index (χ2v) is 10.3. The molecule has 0 heterocycles. The minimum Gasteiger partial charge on any atom is -0.392 e. The first-order chi connectivity index (χ1) is 13.4. The van der Waals surface area contributed by atoms with Crippen molar-refractivity contribution in [3.05, 3.63) is 11.6 Å². The molecule has 4 rings (SSSR count). The molecule has 4 atom stereocenters. The molecule has 1 nitrogen and oxygen atoms in total. The molecule has 0 spiro atoms. The van der Waals surface area contributed by atoms with Crippen LogP contribution in [0.2, 0.25) is 0 Å². The Kier molecular flexibility index (Phi) is 6.44. The fourth-order valence-corrected chi connectivity index (χ4v) is 7.03. The highest BCUT2D eigenvalue weighted by Crippen LogP contribution is 2.47. The Morgan fingerprint density at radius 3 is 1.89 bits per heavy atom. The lowest BCUT2D eigenvalue weighted by Gasteiger charge is -2.40. The molecule has 4 aliphatic rings. The molecule has 1 N–H and O–H groups in total. The van der Waals surface area contributed by atoms with Gasteiger partial charge in [-0.3, -0.25) is 0 Å². The van der Waals surface area contributed by atoms with E-state index in [-0.39, 0.29) is 18.8 Å². The van der Waals surface area contributed by atoms with E-state index in [0.717, 1.165) is 36.5 Å². The van der Waals surface area contributed by atoms with Crippen LogP contribution < -0.4 is 0 Å². The standard InChI is InChI=1S/C24H37F3O/c25-24(26,27)21-13-14-22(23(28)15-21)20-11-9-19(10-12-20)18-7-5-17(6-8-18)16-3-1-2-4-16/h11,16-19,21-23,28H,1-10,12-15H2. The Bertz CT molecular complexity index is 541. The van der Waals surface area contributed by atoms with Gasteiger partial charge in [-0.1, -0.05) is 37.3 Å². The van der Waals surface area contributed by atoms with Crippen molar-refractivity contribution in [2.45, 2.75) is 102 Å². The number of aliphatic hydroxyl groups is 1. The average Bonchev–Trinajstić information content (AvgIpc) is 3.22. The van der Waals surface area contributed by atoms with E-state index in [1.165, 1.54) is 63.4 Å². The zero-order chi connectivity index (χ0) is 19.7. The highest BCUT2D eigenvalue weighted by Gasteiger charge is 2.45. The number of hydrogen-bond donors (Lipinski definition) is 1. The maximum atomic E-state index is 12.9. The van der Waals surface area contributed by atoms with Crippen molar-refractivity contribution in [2.75, 3.05) is 0 Å². The Morgan fingerprint density at radius 1 is 0.750 bits per heavy atom. The van der Waals surface area contributed by atoms with Gasteiger partial charge in [-0.15, -0.1) is 0 Å². The lowest BCUT2D eigenvalue weighted by molar-refractivity contribution is -0.192. The second-order valence-electron chi connectivity index (χ2n) is 10.3. The molecule has 0 amide bonds. The van der Waals surface area contributed by atoms with Gasteiger partial charge in [0.15, 0.2) is 0 Å². The van der Waals surface area contributed by atoms with E-state index in [4.69, 9.17) is 0 Å². The molecule has 0 aromatic rings. The van der Waals surface area contributed by atoms with Crippen molar-refractivity contribution in [2.24, 2.45) is 35.5 Å². The zero-order valence-electron chi connectivity index (χ0n) is 17.1. The summed E-state index contributed by atoms with van der Waals surface area (Å²) in [5.41, 5.74) is 1.25. The normalized spacial score (nSPS) is 41.1. The maximum absolute atomic E-state index is 12.9. The number of allylic oxidation sites excluding steroid dienone is 1. The Labute approximate surface area is 168 Å². The van der Waals surface area contributed by atoms with Gasteiger partial charge >= 0.3 is 6.18 Å². The predicted octanol–water partition coefficient (Wildman–Crippen LogP) is 7.05. The van der Waals surface area contributed by atoms with E-state index >= 15 is 0 Å². The lowest BCUT2D eigenvalue weighted by atomic mass is 9.67. The molecule has 4 heteroatoms. The van der Waals surface area contributed by atoms with Crippen molar-refractivity contribution in [3.8, 4) is 0 Å². The van der Waals surface area contributed by atoms with E-state index in [0.29, 0.717) is 6.42 Å². The molecule has 0 aromatic carbocycles. The van der Waals surface area contributed by atoms with Gasteiger partial charge in [-0.05, 0) is 87.9 Å². The van der Waals surface area contributed by atoms with E-state index < -0.39 is 18.2 Å². The number of rotatable bonds is 3. The van der Waals surface area contributed by atoms with E-state index in [9.17, 15) is 18.3 Å². The Hall–Kier alpha value is -0.510. The van der Waals surface area contributed by atoms with Gasteiger partial charge in [-0.25, -0.2) is 0 Å². The van der Waals surface area contributed by atoms with Gasteiger partial charge in [0.2, 0.25) is 0 Å². The van der Waals surface area contributed by atoms with Crippen molar-refractivity contribution >= 4 is 0 Å². The number of hydrogen-bond acceptors (Lipinski definition) is 1. The summed E-state index contributed by atoms with van der Waals surface area (Å²) < 4.78 is 38.8. The van der Waals surface area contributed by atoms with Crippen molar-refractivity contribution < 1.29 is 18.3 Å². The fraction of sp³-hybridized carbons (Fsp3) is 0.917. The topological polar surface area (TPSA) is 20.2 Å². The summed E-state index contributed by atoms with van der Waals surface area (Å²) in [6, 6.07) is 0. The van der Waals surface area contributed by atoms with Crippen molar-refractivity contribution in [1.82, 2.24) is 0 Å². The molecule has 28 heavy (non-hydrogen) atoms. The number of aliphatic hydroxyl groups excluding tert-OH is 1. The summed E-state index contributed by atoms with van der Waals surface area (Å²) in [6.45, 7) is 0. The van der Waals surface area contributed by atoms with Crippen LogP contribution in [0.15, 0.2) is 11.6 Å². The summed E-state index contributed by atoms with van der Waals surface area (Å²) >= 11 is 0. The molecule has 0 aliphatic heterocycles. The third-order valence-electron chi connectivity index (χ3n) is 8.79. The third kappa shape index (κ3) is 4.63. The van der Waals surface area contributed by atoms with Crippen LogP contribution in [0, 0.1) is 35.5 Å². The zero-order valence-corrected chi connectivity index (χ0v) is 17.1. The SMILES string of the molecule is OC1CC(C(F)(F)F)CCC1C1=CCC(C2CCC(C3CCCC3)CC2)CC1. The maximum Gasteiger partial charge on any atom is 0.391 e. The monoisotopic (exact) mass is 398 g/mol. The Balaban J connectivity index is 1.26. The van der Waals surface area contributed by atoms with Crippen LogP contribution in [0.1, 0.15) is 89.9 Å². The molecule has 0 aromatic heterocycles. The van der Waals surface area contributed by atoms with Gasteiger partial charge in [0, 0.05) is 5.92 Å². The molecule has 160 valence electrons. The van der Waals surface area contributed by atoms with Gasteiger partial charge in [-0.2, -0.15) is 13.2 Å². The third-order valence-corrected chi connectivity index (χ3v) is 8.79. The minimum absolute atomic E-state index is 0.0300. The first kappa shape index (κ1) is 20.8. The number of alkyl halides is 3. The first-order valence-corrected chi connectivity index (χ1v) is 11.9. The molecular weight excluding hydrogens is 361 g/mol. The smallest absolute Gasteiger partial charge is 0.391 e. The van der Waals surface area contributed by atoms with Crippen LogP contribution in [0.4, 0.5) is 13.2 Å². The van der Waals surface area contributed by atoms with E-state index in [1.54, 1.807) is 0 Å². The molecule has 0 radical (unpaired) electrons. The quantitative estimate of drug-likeness (QED) is 0.505. The van der Waals surface area contributed by atoms with Crippen molar-refractivity contribution in [1.29, 1.82) is 0 Å². The van der Waals surface area contributed by atoms with Crippen LogP contribution in [-0.4, -0.2) is 17.4 Å². The summed E-state index contributed by atoms with van der Waals surface area (Å²) in [6.07, 6.45) is 12.6. The van der Waals surface area contributed by atoms with Gasteiger partial charge in [0.25, 0.3) is 0 Å². The average molecular weight is 399 g/mol. The first-order valence-electron chi connectivity index (χ1n) is 11.9. The van der Waals surface area contributed by atoms with Crippen LogP contribution in [0.5, 0.6) is 0 Å². The molecule has 0 bridgehead atoms. The molecule has 3 saturated carbocycles. The summed E-state index contributed by atoms with van der Waals surface area (Å²) in [4.78, 5) is 0. The summed E-state index contributed by atoms with van der Waals surface area (Å²) in [5, 5.41) is 10.4. The van der Waals surface area contributed by atoms with Gasteiger partial charge in [0.05, 0.1) is 12.0 Å². The van der Waals surface area contributed by atoms with Crippen LogP contribution >= 0.6 is 0 Å². The predicted molar refractivity (Wildman–Crippen MR) is 106 cm³/mol. The van der Waals surface area contributed by atoms with Crippen LogP contribution in [0.25, 0.3) is 0 Å². The van der Waals surface area contributed by atoms with E-state index in [1.807, 2.05) is 0 Å². The van der Waals surface area contributed by atoms with Crippen molar-refractivity contribution in [3.63, 3.8) is 0 Å². The molecular formula is C24H37F3O. The largest absolute Gasteiger partial charge is 0.392 e. The van der Waals surface area contributed by atoms with Crippen LogP contribution in [0.3, 0.4) is 0 Å². The molecule has 4 aliphatic carbocycles. The van der Waals surface area contributed by atoms with Crippen LogP contribution in [-0.2, 0) is 0 Å². The minimum atomic E-state index is -4.16. The second kappa shape index (κ2) is 8.70. The number of halogens is 3. The molecule has 0 saturated heterocycles. The van der Waals surface area contributed by atoms with Gasteiger partial charge in [0.1, 0.15) is 0 Å². The summed E-state index contributed by atoms with van der Waals surface area (Å²) in [7, 11) is 0. The summed E-state index contributed by atoms with van der Waals surface area (Å²) in [5.74, 6) is 2.25. The van der Waals surface area contributed by atoms with E-state index in [2.05, 4.69) is 6.08 Å². The molecule has 4 unspecified atom stereocenters. The highest BCUT2D eigenvalue weighted by molar-refractivity contribution is 5.14. The molecule has 3 fully saturated rings. The fourth-order valence-electron chi connectivity index (χ4n) is 7.03. The van der Waals surface area contributed by atoms with Gasteiger partial charge < -0.3 is 5.11 Å².